The highest BCUT2D eigenvalue weighted by Crippen LogP contribution is 2.29. The number of hydrogen-bond acceptors (Lipinski definition) is 5. The molecule has 0 bridgehead atoms. The number of carbonyl (C=O) groups excluding carboxylic acids is 2. The second kappa shape index (κ2) is 9.60. The summed E-state index contributed by atoms with van der Waals surface area (Å²) in [5.74, 6) is 1.17. The van der Waals surface area contributed by atoms with Crippen LogP contribution in [0.5, 0.6) is 0 Å². The number of rotatable bonds is 5. The minimum absolute atomic E-state index is 0.0227. The Labute approximate surface area is 187 Å². The molecule has 2 amide bonds. The van der Waals surface area contributed by atoms with E-state index in [1.165, 1.54) is 12.5 Å². The summed E-state index contributed by atoms with van der Waals surface area (Å²) in [6.07, 6.45) is 5.07. The molecule has 1 saturated heterocycles. The summed E-state index contributed by atoms with van der Waals surface area (Å²) in [5.41, 5.74) is 3.76. The normalized spacial score (nSPS) is 14.6. The molecule has 0 atom stereocenters. The molecular formula is C25H26N4O3. The first-order valence-corrected chi connectivity index (χ1v) is 10.7. The standard InChI is InChI=1S/C25H26N4O3/c1-17-3-5-19(6-4-17)7-12-23(31)29-15-13-21(14-16-29)25-27-24(28-32-25)20-8-10-22(11-9-20)26-18(2)30/h3-12,21H,13-16H2,1-2H3,(H,26,30). The van der Waals surface area contributed by atoms with E-state index in [0.29, 0.717) is 24.8 Å². The number of likely N-dealkylation sites (tertiary alicyclic amines) is 1. The third kappa shape index (κ3) is 5.29. The summed E-state index contributed by atoms with van der Waals surface area (Å²) in [7, 11) is 0. The van der Waals surface area contributed by atoms with Crippen molar-refractivity contribution in [1.82, 2.24) is 15.0 Å². The number of piperidine rings is 1. The predicted octanol–water partition coefficient (Wildman–Crippen LogP) is 4.42. The van der Waals surface area contributed by atoms with Gasteiger partial charge in [-0.25, -0.2) is 0 Å². The first-order valence-electron chi connectivity index (χ1n) is 10.7. The fraction of sp³-hybridized carbons (Fsp3) is 0.280. The van der Waals surface area contributed by atoms with E-state index in [2.05, 4.69) is 15.5 Å². The van der Waals surface area contributed by atoms with Gasteiger partial charge in [-0.3, -0.25) is 9.59 Å². The Morgan fingerprint density at radius 3 is 2.41 bits per heavy atom. The second-order valence-corrected chi connectivity index (χ2v) is 8.06. The van der Waals surface area contributed by atoms with E-state index >= 15 is 0 Å². The summed E-state index contributed by atoms with van der Waals surface area (Å²) in [5, 5.41) is 6.84. The number of benzene rings is 2. The topological polar surface area (TPSA) is 88.3 Å². The average molecular weight is 431 g/mol. The highest BCUT2D eigenvalue weighted by Gasteiger charge is 2.27. The average Bonchev–Trinajstić information content (AvgIpc) is 3.29. The summed E-state index contributed by atoms with van der Waals surface area (Å²) in [6.45, 7) is 4.83. The molecule has 1 aliphatic rings. The van der Waals surface area contributed by atoms with E-state index < -0.39 is 0 Å². The molecule has 0 spiro atoms. The number of carbonyl (C=O) groups is 2. The molecule has 7 nitrogen and oxygen atoms in total. The Morgan fingerprint density at radius 2 is 1.75 bits per heavy atom. The van der Waals surface area contributed by atoms with E-state index in [1.54, 1.807) is 18.2 Å². The zero-order chi connectivity index (χ0) is 22.5. The van der Waals surface area contributed by atoms with E-state index in [1.807, 2.05) is 54.3 Å². The Balaban J connectivity index is 1.32. The van der Waals surface area contributed by atoms with Crippen LogP contribution >= 0.6 is 0 Å². The van der Waals surface area contributed by atoms with Gasteiger partial charge in [0.25, 0.3) is 0 Å². The lowest BCUT2D eigenvalue weighted by Gasteiger charge is -2.29. The minimum Gasteiger partial charge on any atom is -0.339 e. The maximum absolute atomic E-state index is 12.5. The van der Waals surface area contributed by atoms with Gasteiger partial charge in [-0.15, -0.1) is 0 Å². The van der Waals surface area contributed by atoms with Gasteiger partial charge >= 0.3 is 0 Å². The first-order chi connectivity index (χ1) is 15.5. The molecule has 7 heteroatoms. The van der Waals surface area contributed by atoms with Gasteiger partial charge in [-0.05, 0) is 55.7 Å². The number of aryl methyl sites for hydroxylation is 1. The molecule has 2 aromatic carbocycles. The maximum Gasteiger partial charge on any atom is 0.246 e. The van der Waals surface area contributed by atoms with E-state index in [4.69, 9.17) is 4.52 Å². The SMILES string of the molecule is CC(=O)Nc1ccc(-c2noc(C3CCN(C(=O)C=Cc4ccc(C)cc4)CC3)n2)cc1. The highest BCUT2D eigenvalue weighted by atomic mass is 16.5. The van der Waals surface area contributed by atoms with Crippen LogP contribution in [-0.2, 0) is 9.59 Å². The molecule has 0 unspecified atom stereocenters. The van der Waals surface area contributed by atoms with Crippen LogP contribution in [0, 0.1) is 6.92 Å². The van der Waals surface area contributed by atoms with Crippen LogP contribution in [0.25, 0.3) is 17.5 Å². The molecule has 2 heterocycles. The van der Waals surface area contributed by atoms with Crippen molar-refractivity contribution in [3.8, 4) is 11.4 Å². The molecule has 164 valence electrons. The summed E-state index contributed by atoms with van der Waals surface area (Å²) in [6, 6.07) is 15.4. The number of amides is 2. The monoisotopic (exact) mass is 430 g/mol. The summed E-state index contributed by atoms with van der Waals surface area (Å²) < 4.78 is 5.52. The quantitative estimate of drug-likeness (QED) is 0.605. The molecule has 1 fully saturated rings. The van der Waals surface area contributed by atoms with Crippen LogP contribution in [0.3, 0.4) is 0 Å². The van der Waals surface area contributed by atoms with Crippen molar-refractivity contribution in [2.75, 3.05) is 18.4 Å². The van der Waals surface area contributed by atoms with Crippen LogP contribution in [0.4, 0.5) is 5.69 Å². The van der Waals surface area contributed by atoms with Gasteiger partial charge in [0.2, 0.25) is 23.5 Å². The van der Waals surface area contributed by atoms with E-state index in [0.717, 1.165) is 29.7 Å². The zero-order valence-corrected chi connectivity index (χ0v) is 18.2. The van der Waals surface area contributed by atoms with E-state index in [-0.39, 0.29) is 17.7 Å². The molecule has 0 aliphatic carbocycles. The Morgan fingerprint density at radius 1 is 1.06 bits per heavy atom. The van der Waals surface area contributed by atoms with Gasteiger partial charge in [0, 0.05) is 43.3 Å². The lowest BCUT2D eigenvalue weighted by molar-refractivity contribution is -0.127. The van der Waals surface area contributed by atoms with Crippen molar-refractivity contribution in [2.45, 2.75) is 32.6 Å². The Hall–Kier alpha value is -3.74. The Bertz CT molecular complexity index is 1110. The summed E-state index contributed by atoms with van der Waals surface area (Å²) in [4.78, 5) is 30.1. The lowest BCUT2D eigenvalue weighted by atomic mass is 9.96. The minimum atomic E-state index is -0.116. The number of aromatic nitrogens is 2. The van der Waals surface area contributed by atoms with Gasteiger partial charge in [0.05, 0.1) is 0 Å². The Kier molecular flexibility index (Phi) is 6.44. The fourth-order valence-corrected chi connectivity index (χ4v) is 3.72. The molecular weight excluding hydrogens is 404 g/mol. The van der Waals surface area contributed by atoms with Gasteiger partial charge in [-0.1, -0.05) is 35.0 Å². The smallest absolute Gasteiger partial charge is 0.246 e. The van der Waals surface area contributed by atoms with Crippen LogP contribution < -0.4 is 5.32 Å². The van der Waals surface area contributed by atoms with Crippen molar-refractivity contribution in [3.63, 3.8) is 0 Å². The molecule has 1 aromatic heterocycles. The van der Waals surface area contributed by atoms with Crippen LogP contribution in [0.1, 0.15) is 42.7 Å². The van der Waals surface area contributed by atoms with Gasteiger partial charge in [0.1, 0.15) is 0 Å². The summed E-state index contributed by atoms with van der Waals surface area (Å²) >= 11 is 0. The predicted molar refractivity (Wildman–Crippen MR) is 123 cm³/mol. The van der Waals surface area contributed by atoms with Gasteiger partial charge in [0.15, 0.2) is 0 Å². The molecule has 32 heavy (non-hydrogen) atoms. The third-order valence-electron chi connectivity index (χ3n) is 5.56. The maximum atomic E-state index is 12.5. The van der Waals surface area contributed by atoms with Crippen molar-refractivity contribution < 1.29 is 14.1 Å². The fourth-order valence-electron chi connectivity index (χ4n) is 3.72. The van der Waals surface area contributed by atoms with E-state index in [9.17, 15) is 9.59 Å². The van der Waals surface area contributed by atoms with Gasteiger partial charge in [-0.2, -0.15) is 4.98 Å². The molecule has 0 saturated carbocycles. The largest absolute Gasteiger partial charge is 0.339 e. The van der Waals surface area contributed by atoms with Crippen LogP contribution in [-0.4, -0.2) is 39.9 Å². The van der Waals surface area contributed by atoms with Crippen LogP contribution in [0.15, 0.2) is 59.1 Å². The third-order valence-corrected chi connectivity index (χ3v) is 5.56. The number of nitrogens with zero attached hydrogens (tertiary/aromatic N) is 3. The van der Waals surface area contributed by atoms with Crippen molar-refractivity contribution in [1.29, 1.82) is 0 Å². The first kappa shape index (κ1) is 21.5. The lowest BCUT2D eigenvalue weighted by Crippen LogP contribution is -2.36. The molecule has 1 aliphatic heterocycles. The van der Waals surface area contributed by atoms with Crippen LogP contribution in [0.2, 0.25) is 0 Å². The molecule has 0 radical (unpaired) electrons. The number of hydrogen-bond donors (Lipinski definition) is 1. The van der Waals surface area contributed by atoms with Crippen molar-refractivity contribution in [3.05, 3.63) is 71.6 Å². The van der Waals surface area contributed by atoms with Gasteiger partial charge < -0.3 is 14.7 Å². The highest BCUT2D eigenvalue weighted by molar-refractivity contribution is 5.92. The molecule has 3 aromatic rings. The van der Waals surface area contributed by atoms with Crippen molar-refractivity contribution >= 4 is 23.6 Å². The second-order valence-electron chi connectivity index (χ2n) is 8.06. The number of anilines is 1. The number of nitrogens with one attached hydrogen (secondary N) is 1. The van der Waals surface area contributed by atoms with Crippen molar-refractivity contribution in [2.24, 2.45) is 0 Å². The molecule has 4 rings (SSSR count). The zero-order valence-electron chi connectivity index (χ0n) is 18.2. The molecule has 1 N–H and O–H groups in total.